The van der Waals surface area contributed by atoms with Crippen molar-refractivity contribution in [2.75, 3.05) is 0 Å². The lowest BCUT2D eigenvalue weighted by Crippen LogP contribution is -1.97. The van der Waals surface area contributed by atoms with E-state index in [2.05, 4.69) is 56.8 Å². The van der Waals surface area contributed by atoms with Crippen LogP contribution < -0.4 is 0 Å². The topological polar surface area (TPSA) is 0 Å². The van der Waals surface area contributed by atoms with Gasteiger partial charge in [-0.15, -0.1) is 11.3 Å². The van der Waals surface area contributed by atoms with Gasteiger partial charge in [-0.05, 0) is 40.7 Å². The third-order valence-corrected chi connectivity index (χ3v) is 5.82. The van der Waals surface area contributed by atoms with Gasteiger partial charge in [0.1, 0.15) is 0 Å². The van der Waals surface area contributed by atoms with Crippen LogP contribution >= 0.6 is 11.3 Å². The predicted molar refractivity (Wildman–Crippen MR) is 85.9 cm³/mol. The van der Waals surface area contributed by atoms with Crippen LogP contribution in [-0.4, -0.2) is 0 Å². The van der Waals surface area contributed by atoms with Crippen molar-refractivity contribution >= 4 is 37.1 Å². The van der Waals surface area contributed by atoms with Crippen LogP contribution in [0.1, 0.15) is 30.9 Å². The number of rotatable bonds is 0. The molecule has 2 unspecified atom stereocenters. The summed E-state index contributed by atoms with van der Waals surface area (Å²) >= 11 is 1.90. The number of hydrogen-bond donors (Lipinski definition) is 0. The van der Waals surface area contributed by atoms with Gasteiger partial charge in [0.2, 0.25) is 0 Å². The molecule has 19 heavy (non-hydrogen) atoms. The van der Waals surface area contributed by atoms with E-state index in [-0.39, 0.29) is 0 Å². The highest BCUT2D eigenvalue weighted by Gasteiger charge is 2.31. The van der Waals surface area contributed by atoms with Crippen LogP contribution in [0, 0.1) is 5.92 Å². The molecule has 0 fully saturated rings. The monoisotopic (exact) mass is 264 g/mol. The first-order valence-corrected chi connectivity index (χ1v) is 7.63. The van der Waals surface area contributed by atoms with Gasteiger partial charge in [0, 0.05) is 20.2 Å². The number of benzene rings is 2. The Morgan fingerprint density at radius 2 is 1.74 bits per heavy atom. The van der Waals surface area contributed by atoms with Crippen molar-refractivity contribution in [1.29, 1.82) is 0 Å². The van der Waals surface area contributed by atoms with Crippen LogP contribution in [0.15, 0.2) is 43.0 Å². The van der Waals surface area contributed by atoms with Crippen LogP contribution in [0.3, 0.4) is 0 Å². The molecule has 2 atom stereocenters. The summed E-state index contributed by atoms with van der Waals surface area (Å²) < 4.78 is 2.80. The Morgan fingerprint density at radius 1 is 0.947 bits per heavy atom. The second kappa shape index (κ2) is 3.71. The Balaban J connectivity index is 2.22. The fourth-order valence-electron chi connectivity index (χ4n) is 3.39. The Morgan fingerprint density at radius 3 is 2.58 bits per heavy atom. The van der Waals surface area contributed by atoms with E-state index in [1.54, 1.807) is 0 Å². The third-order valence-electron chi connectivity index (χ3n) is 4.68. The lowest BCUT2D eigenvalue weighted by Gasteiger charge is -2.11. The maximum absolute atomic E-state index is 4.30. The summed E-state index contributed by atoms with van der Waals surface area (Å²) in [5.74, 6) is 1.13. The van der Waals surface area contributed by atoms with Gasteiger partial charge < -0.3 is 0 Å². The molecule has 0 bridgehead atoms. The van der Waals surface area contributed by atoms with E-state index in [9.17, 15) is 0 Å². The fraction of sp³-hybridized carbons (Fsp3) is 0.222. The molecule has 1 aromatic heterocycles. The van der Waals surface area contributed by atoms with E-state index in [0.717, 1.165) is 0 Å². The van der Waals surface area contributed by atoms with Crippen molar-refractivity contribution in [2.45, 2.75) is 19.8 Å². The Bertz CT molecular complexity index is 822. The van der Waals surface area contributed by atoms with Crippen LogP contribution in [0.5, 0.6) is 0 Å². The van der Waals surface area contributed by atoms with Gasteiger partial charge in [0.25, 0.3) is 0 Å². The molecule has 1 heteroatoms. The van der Waals surface area contributed by atoms with E-state index >= 15 is 0 Å². The SMILES string of the molecule is C=C1c2ccc3sc4ccccc4c3c2C(C)C1C. The summed E-state index contributed by atoms with van der Waals surface area (Å²) in [6.45, 7) is 8.94. The molecule has 0 N–H and O–H groups in total. The maximum Gasteiger partial charge on any atom is 0.0358 e. The van der Waals surface area contributed by atoms with Crippen LogP contribution in [-0.2, 0) is 0 Å². The summed E-state index contributed by atoms with van der Waals surface area (Å²) in [5.41, 5.74) is 4.21. The van der Waals surface area contributed by atoms with Crippen molar-refractivity contribution in [2.24, 2.45) is 5.92 Å². The van der Waals surface area contributed by atoms with Gasteiger partial charge in [-0.2, -0.15) is 0 Å². The molecular weight excluding hydrogens is 248 g/mol. The molecule has 94 valence electrons. The summed E-state index contributed by atoms with van der Waals surface area (Å²) in [6.07, 6.45) is 0. The number of allylic oxidation sites excluding steroid dienone is 1. The molecule has 2 aromatic carbocycles. The van der Waals surface area contributed by atoms with E-state index in [4.69, 9.17) is 0 Å². The van der Waals surface area contributed by atoms with Gasteiger partial charge in [-0.25, -0.2) is 0 Å². The minimum Gasteiger partial charge on any atom is -0.135 e. The van der Waals surface area contributed by atoms with E-state index < -0.39 is 0 Å². The standard InChI is InChI=1S/C18H16S/c1-10-11(2)13-8-9-16-18(17(13)12(10)3)14-6-4-5-7-15(14)19-16/h4-10,12H,2H2,1,3H3. The highest BCUT2D eigenvalue weighted by molar-refractivity contribution is 7.25. The van der Waals surface area contributed by atoms with Gasteiger partial charge >= 0.3 is 0 Å². The lowest BCUT2D eigenvalue weighted by atomic mass is 9.93. The molecule has 1 aliphatic carbocycles. The summed E-state index contributed by atoms with van der Waals surface area (Å²) in [6, 6.07) is 13.3. The van der Waals surface area contributed by atoms with Gasteiger partial charge in [-0.1, -0.05) is 44.7 Å². The summed E-state index contributed by atoms with van der Waals surface area (Å²) in [7, 11) is 0. The zero-order valence-electron chi connectivity index (χ0n) is 11.2. The largest absolute Gasteiger partial charge is 0.135 e. The van der Waals surface area contributed by atoms with E-state index in [1.807, 2.05) is 11.3 Å². The molecule has 3 aromatic rings. The molecular formula is C18H16S. The average Bonchev–Trinajstić information content (AvgIpc) is 2.91. The summed E-state index contributed by atoms with van der Waals surface area (Å²) in [4.78, 5) is 0. The highest BCUT2D eigenvalue weighted by atomic mass is 32.1. The minimum atomic E-state index is 0.555. The smallest absolute Gasteiger partial charge is 0.0358 e. The minimum absolute atomic E-state index is 0.555. The lowest BCUT2D eigenvalue weighted by molar-refractivity contribution is 0.641. The first-order valence-electron chi connectivity index (χ1n) is 6.82. The second-order valence-corrected chi connectivity index (χ2v) is 6.68. The highest BCUT2D eigenvalue weighted by Crippen LogP contribution is 2.50. The van der Waals surface area contributed by atoms with E-state index in [0.29, 0.717) is 11.8 Å². The fourth-order valence-corrected chi connectivity index (χ4v) is 4.51. The molecule has 0 saturated carbocycles. The first kappa shape index (κ1) is 11.2. The van der Waals surface area contributed by atoms with Gasteiger partial charge in [-0.3, -0.25) is 0 Å². The molecule has 0 spiro atoms. The molecule has 0 nitrogen and oxygen atoms in total. The quantitative estimate of drug-likeness (QED) is 0.480. The van der Waals surface area contributed by atoms with Gasteiger partial charge in [0.15, 0.2) is 0 Å². The molecule has 0 radical (unpaired) electrons. The average molecular weight is 264 g/mol. The Kier molecular flexibility index (Phi) is 2.19. The van der Waals surface area contributed by atoms with Crippen molar-refractivity contribution in [1.82, 2.24) is 0 Å². The van der Waals surface area contributed by atoms with Crippen molar-refractivity contribution < 1.29 is 0 Å². The van der Waals surface area contributed by atoms with Gasteiger partial charge in [0.05, 0.1) is 0 Å². The zero-order chi connectivity index (χ0) is 13.1. The number of thiophene rings is 1. The van der Waals surface area contributed by atoms with Crippen LogP contribution in [0.2, 0.25) is 0 Å². The number of fused-ring (bicyclic) bond motifs is 5. The number of hydrogen-bond acceptors (Lipinski definition) is 1. The third kappa shape index (κ3) is 1.34. The van der Waals surface area contributed by atoms with Crippen molar-refractivity contribution in [3.63, 3.8) is 0 Å². The normalized spacial score (nSPS) is 22.3. The van der Waals surface area contributed by atoms with Crippen molar-refractivity contribution in [3.05, 3.63) is 54.1 Å². The predicted octanol–water partition coefficient (Wildman–Crippen LogP) is 5.82. The Hall–Kier alpha value is -1.60. The van der Waals surface area contributed by atoms with E-state index in [1.165, 1.54) is 36.9 Å². The molecule has 1 heterocycles. The molecule has 4 rings (SSSR count). The van der Waals surface area contributed by atoms with Crippen molar-refractivity contribution in [3.8, 4) is 0 Å². The molecule has 0 saturated heterocycles. The Labute approximate surface area is 117 Å². The summed E-state index contributed by atoms with van der Waals surface area (Å²) in [5, 5.41) is 2.88. The second-order valence-electron chi connectivity index (χ2n) is 5.60. The molecule has 1 aliphatic rings. The molecule has 0 aliphatic heterocycles. The first-order chi connectivity index (χ1) is 9.18. The zero-order valence-corrected chi connectivity index (χ0v) is 12.1. The van der Waals surface area contributed by atoms with Crippen LogP contribution in [0.25, 0.3) is 25.7 Å². The molecule has 0 amide bonds. The maximum atomic E-state index is 4.30. The van der Waals surface area contributed by atoms with Crippen LogP contribution in [0.4, 0.5) is 0 Å².